The highest BCUT2D eigenvalue weighted by atomic mass is 19.3. The molecule has 3 N–H and O–H groups in total. The van der Waals surface area contributed by atoms with Crippen LogP contribution in [0.3, 0.4) is 0 Å². The van der Waals surface area contributed by atoms with Crippen LogP contribution < -0.4 is 14.8 Å². The molecule has 0 spiro atoms. The molecule has 1 aliphatic rings. The Kier molecular flexibility index (Phi) is 15.7. The van der Waals surface area contributed by atoms with Gasteiger partial charge in [0.1, 0.15) is 24.5 Å². The minimum absolute atomic E-state index is 0.0291. The molecule has 1 aromatic heterocycles. The molecule has 2 heterocycles. The van der Waals surface area contributed by atoms with Crippen LogP contribution in [0.15, 0.2) is 48.5 Å². The number of nitrogens with one attached hydrogen (secondary N) is 1. The van der Waals surface area contributed by atoms with Crippen molar-refractivity contribution in [2.75, 3.05) is 66.6 Å². The summed E-state index contributed by atoms with van der Waals surface area (Å²) in [5, 5.41) is 32.1. The molecule has 1 aliphatic heterocycles. The molecule has 0 saturated carbocycles. The third-order valence-corrected chi connectivity index (χ3v) is 6.45. The Morgan fingerprint density at radius 3 is 2.36 bits per heavy atom. The largest absolute Gasteiger partial charge is 0.474 e. The number of ether oxygens (including phenoxy) is 2. The Morgan fingerprint density at radius 1 is 1.07 bits per heavy atom. The minimum Gasteiger partial charge on any atom is -0.474 e. The number of halogens is 2. The summed E-state index contributed by atoms with van der Waals surface area (Å²) in [6, 6.07) is 15.1. The first-order chi connectivity index (χ1) is 20.4. The number of hydrogen-bond donors (Lipinski definition) is 3. The summed E-state index contributed by atoms with van der Waals surface area (Å²) in [4.78, 5) is 9.18. The van der Waals surface area contributed by atoms with Gasteiger partial charge in [0.25, 0.3) is 0 Å². The first-order valence-corrected chi connectivity index (χ1v) is 14.2. The molecule has 11 heteroatoms. The molecule has 1 unspecified atom stereocenters. The van der Waals surface area contributed by atoms with Gasteiger partial charge < -0.3 is 34.8 Å². The van der Waals surface area contributed by atoms with Crippen LogP contribution in [0, 0.1) is 11.3 Å². The van der Waals surface area contributed by atoms with Crippen molar-refractivity contribution >= 4 is 10.8 Å². The lowest BCUT2D eigenvalue weighted by Gasteiger charge is -2.32. The highest BCUT2D eigenvalue weighted by Gasteiger charge is 2.19. The van der Waals surface area contributed by atoms with Gasteiger partial charge in [0, 0.05) is 42.5 Å². The number of fused-ring (bicyclic) bond motifs is 1. The number of rotatable bonds is 11. The van der Waals surface area contributed by atoms with E-state index in [-0.39, 0.29) is 23.9 Å². The summed E-state index contributed by atoms with van der Waals surface area (Å²) in [6.07, 6.45) is 0.151. The van der Waals surface area contributed by atoms with Gasteiger partial charge in [0.15, 0.2) is 5.69 Å². The number of nitrogens with zero attached hydrogens (tertiary/aromatic N) is 4. The number of aromatic nitrogens is 1. The first kappa shape index (κ1) is 34.8. The van der Waals surface area contributed by atoms with E-state index in [2.05, 4.69) is 31.9 Å². The van der Waals surface area contributed by atoms with Gasteiger partial charge in [-0.15, -0.1) is 0 Å². The molecular formula is C31H43F2N5O4. The number of likely N-dealkylation sites (N-methyl/N-ethyl adjacent to an activating group) is 1. The number of nitriles is 1. The average molecular weight is 588 g/mol. The van der Waals surface area contributed by atoms with E-state index in [1.807, 2.05) is 33.0 Å². The lowest BCUT2D eigenvalue weighted by atomic mass is 9.97. The first-order valence-electron chi connectivity index (χ1n) is 14.2. The Morgan fingerprint density at radius 2 is 1.76 bits per heavy atom. The molecule has 3 aromatic rings. The van der Waals surface area contributed by atoms with E-state index in [0.717, 1.165) is 6.54 Å². The summed E-state index contributed by atoms with van der Waals surface area (Å²) in [5.41, 5.74) is 1.15. The number of alkyl halides is 2. The van der Waals surface area contributed by atoms with Crippen LogP contribution in [-0.2, 0) is 0 Å². The van der Waals surface area contributed by atoms with Gasteiger partial charge in [-0.2, -0.15) is 14.0 Å². The Balaban J connectivity index is 0.000000368. The van der Waals surface area contributed by atoms with Crippen molar-refractivity contribution in [2.45, 2.75) is 33.0 Å². The SMILES string of the molecule is CC.CNCCCN1CCN(C)CC1.N#Cc1nc(OCC(O)CO)c2ccc(OC(F)F)cc2c1-c1ccccc1. The normalized spacial score (nSPS) is 14.3. The number of benzene rings is 2. The van der Waals surface area contributed by atoms with Crippen LogP contribution in [0.5, 0.6) is 11.6 Å². The quantitative estimate of drug-likeness (QED) is 0.287. The molecule has 9 nitrogen and oxygen atoms in total. The van der Waals surface area contributed by atoms with Crippen molar-refractivity contribution in [3.63, 3.8) is 0 Å². The number of aliphatic hydroxyl groups excluding tert-OH is 2. The molecule has 0 radical (unpaired) electrons. The minimum atomic E-state index is -3.00. The second-order valence-electron chi connectivity index (χ2n) is 9.45. The molecule has 42 heavy (non-hydrogen) atoms. The van der Waals surface area contributed by atoms with E-state index in [4.69, 9.17) is 9.84 Å². The lowest BCUT2D eigenvalue weighted by molar-refractivity contribution is -0.0497. The average Bonchev–Trinajstić information content (AvgIpc) is 3.01. The number of aliphatic hydroxyl groups is 2. The van der Waals surface area contributed by atoms with Gasteiger partial charge in [-0.3, -0.25) is 0 Å². The summed E-state index contributed by atoms with van der Waals surface area (Å²) in [5.74, 6) is -0.0292. The summed E-state index contributed by atoms with van der Waals surface area (Å²) >= 11 is 0. The Labute approximate surface area is 247 Å². The predicted octanol–water partition coefficient (Wildman–Crippen LogP) is 3.98. The van der Waals surface area contributed by atoms with Crippen LogP contribution in [0.1, 0.15) is 26.0 Å². The topological polar surface area (TPSA) is 114 Å². The van der Waals surface area contributed by atoms with Crippen LogP contribution in [0.2, 0.25) is 0 Å². The number of hydrogen-bond acceptors (Lipinski definition) is 9. The smallest absolute Gasteiger partial charge is 0.387 e. The van der Waals surface area contributed by atoms with Crippen molar-refractivity contribution in [3.05, 3.63) is 54.2 Å². The fourth-order valence-electron chi connectivity index (χ4n) is 4.30. The molecule has 2 aromatic carbocycles. The second-order valence-corrected chi connectivity index (χ2v) is 9.45. The zero-order valence-electron chi connectivity index (χ0n) is 24.9. The summed E-state index contributed by atoms with van der Waals surface area (Å²) < 4.78 is 35.3. The van der Waals surface area contributed by atoms with E-state index in [0.29, 0.717) is 21.9 Å². The van der Waals surface area contributed by atoms with Crippen molar-refractivity contribution < 1.29 is 28.5 Å². The van der Waals surface area contributed by atoms with Gasteiger partial charge in [0.2, 0.25) is 5.88 Å². The standard InChI is InChI=1S/C20H16F2N2O4.C9H21N3.C2H6/c21-20(22)28-14-6-7-15-16(8-14)18(12-4-2-1-3-5-12)17(9-23)24-19(15)27-11-13(26)10-25;1-10-4-3-5-12-8-6-11(2)7-9-12;1-2/h1-8,13,20,25-26H,10-11H2;10H,3-9H2,1-2H3;1-2H3. The highest BCUT2D eigenvalue weighted by Crippen LogP contribution is 2.37. The van der Waals surface area contributed by atoms with Gasteiger partial charge in [-0.05, 0) is 57.4 Å². The van der Waals surface area contributed by atoms with Gasteiger partial charge in [-0.1, -0.05) is 44.2 Å². The van der Waals surface area contributed by atoms with E-state index in [1.54, 1.807) is 24.3 Å². The van der Waals surface area contributed by atoms with Gasteiger partial charge in [0.05, 0.1) is 6.61 Å². The molecule has 1 fully saturated rings. The number of pyridine rings is 1. The van der Waals surface area contributed by atoms with Gasteiger partial charge in [-0.25, -0.2) is 4.98 Å². The third kappa shape index (κ3) is 10.8. The second kappa shape index (κ2) is 18.9. The fourth-order valence-corrected chi connectivity index (χ4v) is 4.30. The molecule has 0 bridgehead atoms. The molecule has 0 amide bonds. The van der Waals surface area contributed by atoms with Crippen LogP contribution in [-0.4, -0.2) is 104 Å². The Hall–Kier alpha value is -3.40. The zero-order valence-corrected chi connectivity index (χ0v) is 24.9. The molecule has 4 rings (SSSR count). The molecule has 1 atom stereocenters. The lowest BCUT2D eigenvalue weighted by Crippen LogP contribution is -2.45. The molecule has 1 saturated heterocycles. The van der Waals surface area contributed by atoms with E-state index >= 15 is 0 Å². The summed E-state index contributed by atoms with van der Waals surface area (Å²) in [6.45, 7) is 7.63. The summed E-state index contributed by atoms with van der Waals surface area (Å²) in [7, 11) is 4.22. The van der Waals surface area contributed by atoms with E-state index < -0.39 is 19.3 Å². The zero-order chi connectivity index (χ0) is 30.9. The van der Waals surface area contributed by atoms with E-state index in [9.17, 15) is 19.1 Å². The molecule has 230 valence electrons. The maximum atomic E-state index is 12.7. The van der Waals surface area contributed by atoms with E-state index in [1.165, 1.54) is 57.3 Å². The maximum absolute atomic E-state index is 12.7. The van der Waals surface area contributed by atoms with Crippen LogP contribution in [0.4, 0.5) is 8.78 Å². The van der Waals surface area contributed by atoms with Gasteiger partial charge >= 0.3 is 6.61 Å². The van der Waals surface area contributed by atoms with Crippen molar-refractivity contribution in [2.24, 2.45) is 0 Å². The number of piperazine rings is 1. The predicted molar refractivity (Wildman–Crippen MR) is 161 cm³/mol. The van der Waals surface area contributed by atoms with Crippen molar-refractivity contribution in [3.8, 4) is 28.8 Å². The van der Waals surface area contributed by atoms with Crippen molar-refractivity contribution in [1.82, 2.24) is 20.1 Å². The fraction of sp³-hybridized carbons (Fsp3) is 0.484. The Bertz CT molecular complexity index is 1240. The molecule has 0 aliphatic carbocycles. The third-order valence-electron chi connectivity index (χ3n) is 6.45. The maximum Gasteiger partial charge on any atom is 0.387 e. The van der Waals surface area contributed by atoms with Crippen LogP contribution >= 0.6 is 0 Å². The van der Waals surface area contributed by atoms with Crippen molar-refractivity contribution in [1.29, 1.82) is 5.26 Å². The van der Waals surface area contributed by atoms with Crippen LogP contribution in [0.25, 0.3) is 21.9 Å². The molecular weight excluding hydrogens is 544 g/mol. The monoisotopic (exact) mass is 587 g/mol. The highest BCUT2D eigenvalue weighted by molar-refractivity contribution is 6.01.